The minimum Gasteiger partial charge on any atom is -0.462 e. The second-order valence-corrected chi connectivity index (χ2v) is 19.7. The zero-order chi connectivity index (χ0) is 45.9. The number of hydrogen-bond donors (Lipinski definition) is 3. The highest BCUT2D eigenvalue weighted by Gasteiger charge is 2.24. The van der Waals surface area contributed by atoms with Crippen molar-refractivity contribution in [2.24, 2.45) is 0 Å². The zero-order valence-corrected chi connectivity index (χ0v) is 42.7. The molecule has 0 saturated heterocycles. The molecule has 0 aliphatic rings. The van der Waals surface area contributed by atoms with Crippen molar-refractivity contribution in [1.29, 1.82) is 0 Å². The molecule has 0 saturated carbocycles. The molecule has 3 unspecified atom stereocenters. The quantitative estimate of drug-likeness (QED) is 0.0321. The Bertz CT molecular complexity index is 955. The van der Waals surface area contributed by atoms with Gasteiger partial charge in [-0.05, 0) is 51.4 Å². The van der Waals surface area contributed by atoms with Gasteiger partial charge in [0.25, 0.3) is 0 Å². The van der Waals surface area contributed by atoms with Gasteiger partial charge in [-0.1, -0.05) is 264 Å². The summed E-state index contributed by atoms with van der Waals surface area (Å²) < 4.78 is 5.96. The van der Waals surface area contributed by atoms with Gasteiger partial charge in [0.15, 0.2) is 0 Å². The topological polar surface area (TPSA) is 95.9 Å². The second kappa shape index (κ2) is 51.6. The number of nitrogens with one attached hydrogen (secondary N) is 1. The lowest BCUT2D eigenvalue weighted by atomic mass is 10.0. The summed E-state index contributed by atoms with van der Waals surface area (Å²) in [7, 11) is 0. The van der Waals surface area contributed by atoms with Crippen LogP contribution in [0.4, 0.5) is 0 Å². The molecule has 0 fully saturated rings. The van der Waals surface area contributed by atoms with E-state index in [4.69, 9.17) is 4.74 Å². The van der Waals surface area contributed by atoms with Gasteiger partial charge >= 0.3 is 5.97 Å². The number of ether oxygens (including phenoxy) is 1. The highest BCUT2D eigenvalue weighted by atomic mass is 16.5. The summed E-state index contributed by atoms with van der Waals surface area (Å²) in [5, 5.41) is 23.8. The highest BCUT2D eigenvalue weighted by Crippen LogP contribution is 2.19. The lowest BCUT2D eigenvalue weighted by molar-refractivity contribution is -0.151. The van der Waals surface area contributed by atoms with Crippen molar-refractivity contribution < 1.29 is 24.5 Å². The largest absolute Gasteiger partial charge is 0.462 e. The fourth-order valence-electron chi connectivity index (χ4n) is 9.02. The number of carbonyl (C=O) groups excluding carboxylic acids is 2. The van der Waals surface area contributed by atoms with Crippen LogP contribution < -0.4 is 5.32 Å². The Balaban J connectivity index is 4.53. The predicted molar refractivity (Wildman–Crippen MR) is 273 cm³/mol. The Hall–Kier alpha value is -1.40. The second-order valence-electron chi connectivity index (χ2n) is 19.7. The molecule has 3 N–H and O–H groups in total. The van der Waals surface area contributed by atoms with Crippen LogP contribution in [0.15, 0.2) is 12.2 Å². The van der Waals surface area contributed by atoms with E-state index in [9.17, 15) is 19.8 Å². The molecular formula is C57H111NO5. The summed E-state index contributed by atoms with van der Waals surface area (Å²) >= 11 is 0. The summed E-state index contributed by atoms with van der Waals surface area (Å²) in [5.41, 5.74) is 0. The minimum absolute atomic E-state index is 0.0822. The summed E-state index contributed by atoms with van der Waals surface area (Å²) in [5.74, 6) is -0.456. The van der Waals surface area contributed by atoms with E-state index in [-0.39, 0.29) is 24.9 Å². The maximum absolute atomic E-state index is 13.2. The summed E-state index contributed by atoms with van der Waals surface area (Å²) in [6.45, 7) is 6.52. The molecule has 0 aromatic heterocycles. The number of unbranched alkanes of at least 4 members (excludes halogenated alkanes) is 38. The van der Waals surface area contributed by atoms with Gasteiger partial charge in [0.1, 0.15) is 6.10 Å². The molecule has 0 rings (SSSR count). The van der Waals surface area contributed by atoms with Crippen LogP contribution in [0.5, 0.6) is 0 Å². The number of allylic oxidation sites excluding steroid dienone is 2. The van der Waals surface area contributed by atoms with E-state index in [2.05, 4.69) is 38.2 Å². The fourth-order valence-corrected chi connectivity index (χ4v) is 9.02. The van der Waals surface area contributed by atoms with Crippen molar-refractivity contribution in [3.05, 3.63) is 12.2 Å². The third kappa shape index (κ3) is 46.9. The molecular weight excluding hydrogens is 779 g/mol. The van der Waals surface area contributed by atoms with E-state index in [1.54, 1.807) is 0 Å². The summed E-state index contributed by atoms with van der Waals surface area (Å²) in [6.07, 6.45) is 58.4. The third-order valence-corrected chi connectivity index (χ3v) is 13.3. The van der Waals surface area contributed by atoms with Gasteiger partial charge in [0, 0.05) is 6.42 Å². The van der Waals surface area contributed by atoms with E-state index in [0.717, 1.165) is 51.4 Å². The molecule has 0 aliphatic heterocycles. The van der Waals surface area contributed by atoms with Crippen LogP contribution in [0.25, 0.3) is 0 Å². The van der Waals surface area contributed by atoms with Gasteiger partial charge in [-0.2, -0.15) is 0 Å². The van der Waals surface area contributed by atoms with E-state index in [1.807, 2.05) is 0 Å². The van der Waals surface area contributed by atoms with Crippen molar-refractivity contribution in [3.63, 3.8) is 0 Å². The van der Waals surface area contributed by atoms with Gasteiger partial charge in [-0.15, -0.1) is 0 Å². The normalized spacial score (nSPS) is 13.2. The van der Waals surface area contributed by atoms with Crippen LogP contribution in [0.2, 0.25) is 0 Å². The Morgan fingerprint density at radius 1 is 0.444 bits per heavy atom. The van der Waals surface area contributed by atoms with Gasteiger partial charge in [-0.3, -0.25) is 9.59 Å². The van der Waals surface area contributed by atoms with Crippen molar-refractivity contribution >= 4 is 11.9 Å². The van der Waals surface area contributed by atoms with Crippen molar-refractivity contribution in [1.82, 2.24) is 5.32 Å². The van der Waals surface area contributed by atoms with Crippen molar-refractivity contribution in [2.45, 2.75) is 334 Å². The number of amides is 1. The molecule has 0 aromatic rings. The predicted octanol–water partition coefficient (Wildman–Crippen LogP) is 17.3. The van der Waals surface area contributed by atoms with Gasteiger partial charge < -0.3 is 20.3 Å². The van der Waals surface area contributed by atoms with Crippen LogP contribution in [-0.4, -0.2) is 46.9 Å². The molecule has 0 aromatic carbocycles. The number of aliphatic hydroxyl groups is 2. The molecule has 0 bridgehead atoms. The fraction of sp³-hybridized carbons (Fsp3) is 0.930. The first-order valence-corrected chi connectivity index (χ1v) is 28.4. The number of esters is 1. The molecule has 374 valence electrons. The SMILES string of the molecule is CCCCCCCC/C=C/CCCCCCCCCC(CC(=O)NC(CO)C(O)CCCCCCCCCCCCCCC)OC(=O)CCCCCCCCCCCCCCCC. The Morgan fingerprint density at radius 2 is 0.762 bits per heavy atom. The number of rotatable bonds is 52. The molecule has 1 amide bonds. The monoisotopic (exact) mass is 890 g/mol. The van der Waals surface area contributed by atoms with E-state index in [1.165, 1.54) is 218 Å². The van der Waals surface area contributed by atoms with Gasteiger partial charge in [-0.25, -0.2) is 0 Å². The smallest absolute Gasteiger partial charge is 0.306 e. The average molecular weight is 891 g/mol. The van der Waals surface area contributed by atoms with Crippen LogP contribution in [-0.2, 0) is 14.3 Å². The first-order chi connectivity index (χ1) is 31.0. The van der Waals surface area contributed by atoms with Crippen molar-refractivity contribution in [3.8, 4) is 0 Å². The van der Waals surface area contributed by atoms with Crippen LogP contribution in [0, 0.1) is 0 Å². The number of carbonyl (C=O) groups is 2. The maximum atomic E-state index is 13.2. The lowest BCUT2D eigenvalue weighted by Gasteiger charge is -2.24. The maximum Gasteiger partial charge on any atom is 0.306 e. The van der Waals surface area contributed by atoms with E-state index >= 15 is 0 Å². The molecule has 0 aliphatic carbocycles. The molecule has 63 heavy (non-hydrogen) atoms. The molecule has 0 heterocycles. The summed E-state index contributed by atoms with van der Waals surface area (Å²) in [6, 6.07) is -0.697. The van der Waals surface area contributed by atoms with Crippen molar-refractivity contribution in [2.75, 3.05) is 6.61 Å². The molecule has 0 spiro atoms. The molecule has 6 heteroatoms. The number of hydrogen-bond acceptors (Lipinski definition) is 5. The Labute approximate surface area is 393 Å². The van der Waals surface area contributed by atoms with Crippen LogP contribution >= 0.6 is 0 Å². The first kappa shape index (κ1) is 61.6. The summed E-state index contributed by atoms with van der Waals surface area (Å²) in [4.78, 5) is 26.2. The third-order valence-electron chi connectivity index (χ3n) is 13.3. The lowest BCUT2D eigenvalue weighted by Crippen LogP contribution is -2.46. The minimum atomic E-state index is -0.783. The zero-order valence-electron chi connectivity index (χ0n) is 42.7. The van der Waals surface area contributed by atoms with E-state index < -0.39 is 18.2 Å². The average Bonchev–Trinajstić information content (AvgIpc) is 3.28. The molecule has 0 radical (unpaired) electrons. The highest BCUT2D eigenvalue weighted by molar-refractivity contribution is 5.77. The Kier molecular flexibility index (Phi) is 50.4. The molecule has 6 nitrogen and oxygen atoms in total. The first-order valence-electron chi connectivity index (χ1n) is 28.4. The van der Waals surface area contributed by atoms with Gasteiger partial charge in [0.2, 0.25) is 5.91 Å². The van der Waals surface area contributed by atoms with Crippen LogP contribution in [0.3, 0.4) is 0 Å². The van der Waals surface area contributed by atoms with Gasteiger partial charge in [0.05, 0.1) is 25.2 Å². The van der Waals surface area contributed by atoms with Crippen LogP contribution in [0.1, 0.15) is 316 Å². The standard InChI is InChI=1S/C57H111NO5/c1-4-7-10-13-16-19-22-25-27-28-29-31-33-36-39-42-45-48-53(63-57(62)50-47-44-41-38-35-32-26-23-20-17-14-11-8-5-2)51-56(61)58-54(52-59)55(60)49-46-43-40-37-34-30-24-21-18-15-12-9-6-3/h25,27,53-55,59-60H,4-24,26,28-52H2,1-3H3,(H,58,61)/b27-25+. The molecule has 3 atom stereocenters. The number of aliphatic hydroxyl groups excluding tert-OH is 2. The van der Waals surface area contributed by atoms with E-state index in [0.29, 0.717) is 19.3 Å². The Morgan fingerprint density at radius 3 is 1.13 bits per heavy atom.